The van der Waals surface area contributed by atoms with Crippen molar-refractivity contribution < 1.29 is 12.6 Å². The highest BCUT2D eigenvalue weighted by Crippen LogP contribution is 2.26. The maximum Gasteiger partial charge on any atom is 0.248 e. The van der Waals surface area contributed by atoms with Crippen LogP contribution in [0.5, 0.6) is 0 Å². The molecule has 0 aliphatic heterocycles. The van der Waals surface area contributed by atoms with Crippen molar-refractivity contribution in [2.24, 2.45) is 0 Å². The zero-order valence-electron chi connectivity index (χ0n) is 26.1. The molecule has 13 nitrogen and oxygen atoms in total. The summed E-state index contributed by atoms with van der Waals surface area (Å²) in [6.45, 7) is 0. The molecule has 0 aliphatic rings. The van der Waals surface area contributed by atoms with E-state index in [0.29, 0.717) is 16.8 Å². The first-order valence-electron chi connectivity index (χ1n) is 14.7. The molecule has 242 valence electrons. The molecule has 0 aliphatic carbocycles. The summed E-state index contributed by atoms with van der Waals surface area (Å²) < 4.78 is 38.5. The molecule has 0 saturated carbocycles. The number of benzene rings is 2. The van der Waals surface area contributed by atoms with Gasteiger partial charge in [0, 0.05) is 49.7 Å². The first-order chi connectivity index (χ1) is 23.7. The lowest BCUT2D eigenvalue weighted by Crippen LogP contribution is -2.06. The third-order valence-electron chi connectivity index (χ3n) is 7.44. The van der Waals surface area contributed by atoms with Crippen LogP contribution in [0.2, 0.25) is 0 Å². The van der Waals surface area contributed by atoms with Gasteiger partial charge in [0.05, 0.1) is 32.9 Å². The fourth-order valence-electron chi connectivity index (χ4n) is 5.09. The van der Waals surface area contributed by atoms with Crippen LogP contribution >= 0.6 is 0 Å². The quantitative estimate of drug-likeness (QED) is 0.219. The van der Waals surface area contributed by atoms with Crippen molar-refractivity contribution in [1.82, 2.24) is 49.0 Å². The molecule has 1 atom stereocenters. The summed E-state index contributed by atoms with van der Waals surface area (Å²) in [7, 11) is -4.70. The minimum absolute atomic E-state index is 0.208. The Morgan fingerprint density at radius 2 is 1.06 bits per heavy atom. The highest BCUT2D eigenvalue weighted by Gasteiger charge is 2.14. The van der Waals surface area contributed by atoms with Gasteiger partial charge in [-0.25, -0.2) is 38.3 Å². The van der Waals surface area contributed by atoms with Gasteiger partial charge in [-0.15, -0.1) is 0 Å². The number of aromatic nitrogens is 10. The summed E-state index contributed by atoms with van der Waals surface area (Å²) in [6, 6.07) is 23.2. The van der Waals surface area contributed by atoms with Crippen molar-refractivity contribution in [2.45, 2.75) is 10.3 Å². The van der Waals surface area contributed by atoms with Crippen LogP contribution in [0.3, 0.4) is 0 Å². The fourth-order valence-corrected chi connectivity index (χ4v) is 6.03. The molecule has 2 aromatic carbocycles. The fraction of sp³-hybridized carbons (Fsp3) is 0.0588. The van der Waals surface area contributed by atoms with Crippen LogP contribution in [0.25, 0.3) is 56.0 Å². The topological polar surface area (TPSA) is 164 Å². The van der Waals surface area contributed by atoms with Crippen LogP contribution in [0.15, 0.2) is 133 Å². The summed E-state index contributed by atoms with van der Waals surface area (Å²) in [4.78, 5) is 33.3. The Hall–Kier alpha value is -6.06. The van der Waals surface area contributed by atoms with Crippen molar-refractivity contribution in [3.05, 3.63) is 123 Å². The number of fused-ring (bicyclic) bond motifs is 2. The van der Waals surface area contributed by atoms with Gasteiger partial charge >= 0.3 is 0 Å². The zero-order valence-corrected chi connectivity index (χ0v) is 27.7. The monoisotopic (exact) mass is 686 g/mol. The minimum atomic E-state index is -3.47. The van der Waals surface area contributed by atoms with Gasteiger partial charge in [-0.2, -0.15) is 0 Å². The molecule has 1 unspecified atom stereocenters. The Labute approximate surface area is 282 Å². The van der Waals surface area contributed by atoms with E-state index in [2.05, 4.69) is 39.9 Å². The maximum atomic E-state index is 11.7. The van der Waals surface area contributed by atoms with Gasteiger partial charge in [-0.05, 0) is 82.9 Å². The molecule has 6 heterocycles. The Morgan fingerprint density at radius 1 is 0.571 bits per heavy atom. The molecular weight excluding hydrogens is 661 g/mol. The van der Waals surface area contributed by atoms with Crippen LogP contribution in [0, 0.1) is 0 Å². The molecule has 6 aromatic heterocycles. The summed E-state index contributed by atoms with van der Waals surface area (Å²) in [5.74, 6) is 1.10. The predicted octanol–water partition coefficient (Wildman–Crippen LogP) is 4.90. The van der Waals surface area contributed by atoms with E-state index in [9.17, 15) is 12.6 Å². The van der Waals surface area contributed by atoms with Gasteiger partial charge in [-0.3, -0.25) is 23.3 Å². The van der Waals surface area contributed by atoms with Crippen molar-refractivity contribution in [1.29, 1.82) is 0 Å². The van der Waals surface area contributed by atoms with E-state index < -0.39 is 20.6 Å². The van der Waals surface area contributed by atoms with Gasteiger partial charge in [-0.1, -0.05) is 12.1 Å². The first-order valence-corrected chi connectivity index (χ1v) is 18.1. The number of imidazole rings is 2. The molecule has 0 saturated heterocycles. The van der Waals surface area contributed by atoms with Crippen molar-refractivity contribution in [3.8, 4) is 33.9 Å². The van der Waals surface area contributed by atoms with Gasteiger partial charge in [0.2, 0.25) is 20.2 Å². The maximum absolute atomic E-state index is 11.7. The summed E-state index contributed by atoms with van der Waals surface area (Å²) >= 11 is 0. The standard InChI is InChI=1S/C17H13N5O2S.C17H13N5OS/c1-25(23,24)17-19-9-6-16(21-17)22-11-20-14-10-13(2-3-15(14)22)12-4-7-18-8-5-12;1-24(23)17-19-9-6-16(21-17)22-11-20-14-10-13(2-3-15(14)22)12-4-7-18-8-5-12/h2-11H,1H3;2-11H,1H3. The number of rotatable bonds is 6. The molecule has 49 heavy (non-hydrogen) atoms. The highest BCUT2D eigenvalue weighted by molar-refractivity contribution is 7.90. The lowest BCUT2D eigenvalue weighted by molar-refractivity contribution is 0.592. The normalized spacial score (nSPS) is 12.0. The van der Waals surface area contributed by atoms with E-state index in [1.165, 1.54) is 6.20 Å². The molecule has 8 rings (SSSR count). The predicted molar refractivity (Wildman–Crippen MR) is 185 cm³/mol. The Kier molecular flexibility index (Phi) is 8.50. The first kappa shape index (κ1) is 31.5. The lowest BCUT2D eigenvalue weighted by atomic mass is 10.1. The molecule has 15 heteroatoms. The Balaban J connectivity index is 0.000000154. The molecule has 0 N–H and O–H groups in total. The number of hydrogen-bond donors (Lipinski definition) is 0. The molecule has 8 aromatic rings. The highest BCUT2D eigenvalue weighted by atomic mass is 32.2. The second-order valence-corrected chi connectivity index (χ2v) is 13.9. The van der Waals surface area contributed by atoms with E-state index in [0.717, 1.165) is 50.6 Å². The summed E-state index contributed by atoms with van der Waals surface area (Å²) in [5, 5.41) is 0.100. The third kappa shape index (κ3) is 6.70. The van der Waals surface area contributed by atoms with Crippen molar-refractivity contribution in [3.63, 3.8) is 0 Å². The second kappa shape index (κ2) is 13.2. The molecular formula is C34H26N10O3S2. The van der Waals surface area contributed by atoms with Crippen LogP contribution < -0.4 is 0 Å². The van der Waals surface area contributed by atoms with Crippen LogP contribution in [0.1, 0.15) is 0 Å². The zero-order chi connectivity index (χ0) is 34.0. The van der Waals surface area contributed by atoms with Gasteiger partial charge in [0.15, 0.2) is 0 Å². The van der Waals surface area contributed by atoms with E-state index in [-0.39, 0.29) is 5.16 Å². The molecule has 0 amide bonds. The molecule has 0 fully saturated rings. The number of hydrogen-bond acceptors (Lipinski definition) is 11. The number of nitrogens with zero attached hydrogens (tertiary/aromatic N) is 10. The molecule has 0 bridgehead atoms. The third-order valence-corrected chi connectivity index (χ3v) is 9.01. The van der Waals surface area contributed by atoms with Crippen LogP contribution in [-0.4, -0.2) is 74.1 Å². The van der Waals surface area contributed by atoms with E-state index >= 15 is 0 Å². The van der Waals surface area contributed by atoms with Crippen LogP contribution in [-0.2, 0) is 20.6 Å². The largest absolute Gasteiger partial charge is 0.283 e. The smallest absolute Gasteiger partial charge is 0.248 e. The van der Waals surface area contributed by atoms with E-state index in [1.807, 2.05) is 65.2 Å². The Bertz CT molecular complexity index is 2570. The lowest BCUT2D eigenvalue weighted by Gasteiger charge is -2.05. The van der Waals surface area contributed by atoms with E-state index in [1.54, 1.807) is 66.6 Å². The second-order valence-electron chi connectivity index (χ2n) is 10.7. The van der Waals surface area contributed by atoms with Gasteiger partial charge in [0.1, 0.15) is 24.3 Å². The average Bonchev–Trinajstić information content (AvgIpc) is 3.76. The van der Waals surface area contributed by atoms with Gasteiger partial charge < -0.3 is 0 Å². The van der Waals surface area contributed by atoms with Crippen molar-refractivity contribution >= 4 is 42.7 Å². The molecule has 0 spiro atoms. The average molecular weight is 687 g/mol. The van der Waals surface area contributed by atoms with Crippen molar-refractivity contribution in [2.75, 3.05) is 12.5 Å². The number of sulfone groups is 1. The summed E-state index contributed by atoms with van der Waals surface area (Å²) in [6.07, 6.45) is 16.0. The SMILES string of the molecule is CS(=O)(=O)c1nccc(-n2cnc3cc(-c4ccncc4)ccc32)n1.CS(=O)c1nccc(-n2cnc3cc(-c4ccncc4)ccc32)n1. The molecule has 0 radical (unpaired) electrons. The van der Waals surface area contributed by atoms with Gasteiger partial charge in [0.25, 0.3) is 0 Å². The Morgan fingerprint density at radius 3 is 1.55 bits per heavy atom. The summed E-state index contributed by atoms with van der Waals surface area (Å²) in [5.41, 5.74) is 7.65. The minimum Gasteiger partial charge on any atom is -0.283 e. The number of pyridine rings is 2. The van der Waals surface area contributed by atoms with Crippen LogP contribution in [0.4, 0.5) is 0 Å². The van der Waals surface area contributed by atoms with E-state index in [4.69, 9.17) is 0 Å².